The smallest absolute Gasteiger partial charge is 0.345 e. The number of nitro benzene ring substituents is 1. The van der Waals surface area contributed by atoms with Crippen molar-refractivity contribution in [3.05, 3.63) is 27.8 Å². The molecule has 27 heavy (non-hydrogen) atoms. The molecule has 0 aromatic heterocycles. The Kier molecular flexibility index (Phi) is 6.98. The van der Waals surface area contributed by atoms with Crippen molar-refractivity contribution in [3.63, 3.8) is 0 Å². The van der Waals surface area contributed by atoms with Crippen molar-refractivity contribution < 1.29 is 28.7 Å². The summed E-state index contributed by atoms with van der Waals surface area (Å²) in [5, 5.41) is 14.1. The molecule has 0 saturated heterocycles. The van der Waals surface area contributed by atoms with Crippen LogP contribution in [0.3, 0.4) is 0 Å². The SMILES string of the molecule is COc1cc(C(=O)OCC(=O)NC2CCC(C)CC2)c([N+](=O)[O-])cc1OC. The third kappa shape index (κ3) is 5.32. The lowest BCUT2D eigenvalue weighted by Gasteiger charge is -2.26. The van der Waals surface area contributed by atoms with Crippen LogP contribution in [0.4, 0.5) is 5.69 Å². The number of nitro groups is 1. The zero-order chi connectivity index (χ0) is 20.0. The lowest BCUT2D eigenvalue weighted by Crippen LogP contribution is -2.39. The largest absolute Gasteiger partial charge is 0.493 e. The number of esters is 1. The van der Waals surface area contributed by atoms with Crippen molar-refractivity contribution in [1.82, 2.24) is 5.32 Å². The van der Waals surface area contributed by atoms with Crippen molar-refractivity contribution in [2.75, 3.05) is 20.8 Å². The standard InChI is InChI=1S/C18H24N2O7/c1-11-4-6-12(7-5-11)19-17(21)10-27-18(22)13-8-15(25-2)16(26-3)9-14(13)20(23)24/h8-9,11-12H,4-7,10H2,1-3H3,(H,19,21). The zero-order valence-electron chi connectivity index (χ0n) is 15.6. The Balaban J connectivity index is 2.02. The van der Waals surface area contributed by atoms with E-state index in [1.54, 1.807) is 0 Å². The lowest BCUT2D eigenvalue weighted by atomic mass is 9.87. The number of methoxy groups -OCH3 is 2. The number of hydrogen-bond acceptors (Lipinski definition) is 7. The summed E-state index contributed by atoms with van der Waals surface area (Å²) >= 11 is 0. The Morgan fingerprint density at radius 2 is 1.74 bits per heavy atom. The van der Waals surface area contributed by atoms with Crippen LogP contribution in [0.2, 0.25) is 0 Å². The predicted octanol–water partition coefficient (Wildman–Crippen LogP) is 2.46. The average Bonchev–Trinajstić information content (AvgIpc) is 2.66. The number of nitrogens with zero attached hydrogens (tertiary/aromatic N) is 1. The minimum absolute atomic E-state index is 0.0721. The quantitative estimate of drug-likeness (QED) is 0.439. The van der Waals surface area contributed by atoms with Gasteiger partial charge in [0.15, 0.2) is 18.1 Å². The molecule has 9 nitrogen and oxygen atoms in total. The fourth-order valence-corrected chi connectivity index (χ4v) is 3.07. The first kappa shape index (κ1) is 20.5. The number of carbonyl (C=O) groups excluding carboxylic acids is 2. The number of rotatable bonds is 7. The van der Waals surface area contributed by atoms with E-state index in [2.05, 4.69) is 12.2 Å². The van der Waals surface area contributed by atoms with Crippen LogP contribution in [-0.4, -0.2) is 43.7 Å². The maximum atomic E-state index is 12.3. The number of ether oxygens (including phenoxy) is 3. The molecule has 1 aliphatic carbocycles. The van der Waals surface area contributed by atoms with Gasteiger partial charge in [0.1, 0.15) is 5.56 Å². The molecule has 2 rings (SSSR count). The Bertz CT molecular complexity index is 712. The van der Waals surface area contributed by atoms with Crippen LogP contribution in [0.15, 0.2) is 12.1 Å². The van der Waals surface area contributed by atoms with E-state index in [0.717, 1.165) is 31.7 Å². The first-order chi connectivity index (χ1) is 12.8. The number of hydrogen-bond donors (Lipinski definition) is 1. The average molecular weight is 380 g/mol. The number of amides is 1. The van der Waals surface area contributed by atoms with Crippen LogP contribution in [0.1, 0.15) is 43.0 Å². The zero-order valence-corrected chi connectivity index (χ0v) is 15.6. The summed E-state index contributed by atoms with van der Waals surface area (Å²) in [6, 6.07) is 2.32. The highest BCUT2D eigenvalue weighted by Gasteiger charge is 2.26. The second-order valence-corrected chi connectivity index (χ2v) is 6.58. The summed E-state index contributed by atoms with van der Waals surface area (Å²) in [6.45, 7) is 1.67. The van der Waals surface area contributed by atoms with Crippen LogP contribution in [-0.2, 0) is 9.53 Å². The van der Waals surface area contributed by atoms with Gasteiger partial charge in [0, 0.05) is 12.1 Å². The summed E-state index contributed by atoms with van der Waals surface area (Å²) in [7, 11) is 2.67. The van der Waals surface area contributed by atoms with E-state index >= 15 is 0 Å². The minimum atomic E-state index is -0.977. The fraction of sp³-hybridized carbons (Fsp3) is 0.556. The maximum Gasteiger partial charge on any atom is 0.345 e. The molecule has 1 amide bonds. The minimum Gasteiger partial charge on any atom is -0.493 e. The monoisotopic (exact) mass is 380 g/mol. The van der Waals surface area contributed by atoms with Crippen LogP contribution in [0, 0.1) is 16.0 Å². The molecule has 0 heterocycles. The highest BCUT2D eigenvalue weighted by atomic mass is 16.6. The van der Waals surface area contributed by atoms with Gasteiger partial charge in [-0.15, -0.1) is 0 Å². The molecule has 1 N–H and O–H groups in total. The van der Waals surface area contributed by atoms with Gasteiger partial charge in [-0.2, -0.15) is 0 Å². The van der Waals surface area contributed by atoms with Crippen LogP contribution >= 0.6 is 0 Å². The molecule has 1 aromatic rings. The fourth-order valence-electron chi connectivity index (χ4n) is 3.07. The summed E-state index contributed by atoms with van der Waals surface area (Å²) in [4.78, 5) is 34.8. The summed E-state index contributed by atoms with van der Waals surface area (Å²) < 4.78 is 15.0. The third-order valence-corrected chi connectivity index (χ3v) is 4.63. The van der Waals surface area contributed by atoms with Crippen LogP contribution < -0.4 is 14.8 Å². The van der Waals surface area contributed by atoms with Gasteiger partial charge in [0.2, 0.25) is 0 Å². The number of benzene rings is 1. The highest BCUT2D eigenvalue weighted by Crippen LogP contribution is 2.34. The van der Waals surface area contributed by atoms with E-state index in [-0.39, 0.29) is 23.1 Å². The molecule has 0 spiro atoms. The third-order valence-electron chi connectivity index (χ3n) is 4.63. The molecule has 1 aliphatic rings. The van der Waals surface area contributed by atoms with Crippen molar-refractivity contribution in [1.29, 1.82) is 0 Å². The molecule has 0 radical (unpaired) electrons. The van der Waals surface area contributed by atoms with Gasteiger partial charge in [0.05, 0.1) is 25.2 Å². The molecule has 1 aromatic carbocycles. The summed E-state index contributed by atoms with van der Waals surface area (Å²) in [5.41, 5.74) is -0.795. The van der Waals surface area contributed by atoms with E-state index < -0.39 is 29.1 Å². The first-order valence-electron chi connectivity index (χ1n) is 8.72. The predicted molar refractivity (Wildman–Crippen MR) is 96.0 cm³/mol. The lowest BCUT2D eigenvalue weighted by molar-refractivity contribution is -0.385. The summed E-state index contributed by atoms with van der Waals surface area (Å²) in [6.07, 6.45) is 3.87. The Labute approximate surface area is 157 Å². The normalized spacial score (nSPS) is 19.1. The van der Waals surface area contributed by atoms with E-state index in [0.29, 0.717) is 5.92 Å². The molecule has 0 bridgehead atoms. The Morgan fingerprint density at radius 1 is 1.15 bits per heavy atom. The number of carbonyl (C=O) groups is 2. The molecule has 0 unspecified atom stereocenters. The molecule has 1 saturated carbocycles. The molecular formula is C18H24N2O7. The maximum absolute atomic E-state index is 12.3. The van der Waals surface area contributed by atoms with Crippen molar-refractivity contribution in [2.45, 2.75) is 38.6 Å². The van der Waals surface area contributed by atoms with E-state index in [1.165, 1.54) is 20.3 Å². The van der Waals surface area contributed by atoms with Crippen LogP contribution in [0.5, 0.6) is 11.5 Å². The molecule has 9 heteroatoms. The van der Waals surface area contributed by atoms with Crippen molar-refractivity contribution in [3.8, 4) is 11.5 Å². The number of nitrogens with one attached hydrogen (secondary N) is 1. The molecule has 1 fully saturated rings. The van der Waals surface area contributed by atoms with Crippen molar-refractivity contribution in [2.24, 2.45) is 5.92 Å². The Morgan fingerprint density at radius 3 is 2.30 bits per heavy atom. The summed E-state index contributed by atoms with van der Waals surface area (Å²) in [5.74, 6) is -0.483. The van der Waals surface area contributed by atoms with Crippen LogP contribution in [0.25, 0.3) is 0 Å². The van der Waals surface area contributed by atoms with Gasteiger partial charge < -0.3 is 19.5 Å². The van der Waals surface area contributed by atoms with E-state index in [4.69, 9.17) is 14.2 Å². The second-order valence-electron chi connectivity index (χ2n) is 6.58. The molecule has 148 valence electrons. The topological polar surface area (TPSA) is 117 Å². The van der Waals surface area contributed by atoms with Gasteiger partial charge >= 0.3 is 5.97 Å². The van der Waals surface area contributed by atoms with Gasteiger partial charge in [-0.1, -0.05) is 6.92 Å². The molecule has 0 aliphatic heterocycles. The van der Waals surface area contributed by atoms with E-state index in [1.807, 2.05) is 0 Å². The highest BCUT2D eigenvalue weighted by molar-refractivity contribution is 5.96. The van der Waals surface area contributed by atoms with Gasteiger partial charge in [-0.3, -0.25) is 14.9 Å². The first-order valence-corrected chi connectivity index (χ1v) is 8.72. The van der Waals surface area contributed by atoms with Gasteiger partial charge in [-0.05, 0) is 31.6 Å². The Hall–Kier alpha value is -2.84. The molecule has 0 atom stereocenters. The van der Waals surface area contributed by atoms with E-state index in [9.17, 15) is 19.7 Å². The van der Waals surface area contributed by atoms with Gasteiger partial charge in [-0.25, -0.2) is 4.79 Å². The van der Waals surface area contributed by atoms with Gasteiger partial charge in [0.25, 0.3) is 11.6 Å². The second kappa shape index (κ2) is 9.20. The van der Waals surface area contributed by atoms with Crippen molar-refractivity contribution >= 4 is 17.6 Å². The molecular weight excluding hydrogens is 356 g/mol.